The standard InChI is InChI=1S/C25H44O3S/c26-29(27,28)25-23(20-12-6-2-7-13-20)17-16-22(19-10-4-1-5-11-19)18-24(25)21-14-8-3-9-15-21/h19-25H,1-18H2,(H,26,27,28). The van der Waals surface area contributed by atoms with Crippen LogP contribution in [-0.2, 0) is 10.1 Å². The molecule has 0 bridgehead atoms. The molecule has 4 atom stereocenters. The first kappa shape index (κ1) is 22.1. The number of hydrogen-bond donors (Lipinski definition) is 1. The van der Waals surface area contributed by atoms with E-state index in [1.807, 2.05) is 0 Å². The van der Waals surface area contributed by atoms with Crippen molar-refractivity contribution in [3.05, 3.63) is 0 Å². The maximum atomic E-state index is 12.9. The highest BCUT2D eigenvalue weighted by atomic mass is 32.2. The van der Waals surface area contributed by atoms with Gasteiger partial charge in [-0.3, -0.25) is 4.55 Å². The minimum Gasteiger partial charge on any atom is -0.285 e. The van der Waals surface area contributed by atoms with E-state index in [2.05, 4.69) is 0 Å². The van der Waals surface area contributed by atoms with Gasteiger partial charge in [-0.05, 0) is 54.8 Å². The van der Waals surface area contributed by atoms with E-state index < -0.39 is 15.4 Å². The Morgan fingerprint density at radius 3 is 1.41 bits per heavy atom. The van der Waals surface area contributed by atoms with Crippen LogP contribution in [0.1, 0.15) is 116 Å². The quantitative estimate of drug-likeness (QED) is 0.390. The van der Waals surface area contributed by atoms with Crippen molar-refractivity contribution in [1.29, 1.82) is 0 Å². The Morgan fingerprint density at radius 1 is 0.483 bits per heavy atom. The molecule has 0 aromatic heterocycles. The van der Waals surface area contributed by atoms with Crippen LogP contribution in [0.15, 0.2) is 0 Å². The van der Waals surface area contributed by atoms with E-state index >= 15 is 0 Å². The molecule has 0 aromatic rings. The topological polar surface area (TPSA) is 54.4 Å². The Labute approximate surface area is 179 Å². The van der Waals surface area contributed by atoms with Gasteiger partial charge in [0.15, 0.2) is 0 Å². The van der Waals surface area contributed by atoms with Crippen LogP contribution in [0, 0.1) is 35.5 Å². The van der Waals surface area contributed by atoms with Gasteiger partial charge in [-0.15, -0.1) is 0 Å². The molecule has 0 radical (unpaired) electrons. The van der Waals surface area contributed by atoms with Crippen LogP contribution in [0.25, 0.3) is 0 Å². The Bertz CT molecular complexity index is 598. The Hall–Kier alpha value is -0.0900. The highest BCUT2D eigenvalue weighted by Crippen LogP contribution is 2.50. The van der Waals surface area contributed by atoms with Crippen molar-refractivity contribution in [2.75, 3.05) is 0 Å². The zero-order valence-electron chi connectivity index (χ0n) is 18.4. The summed E-state index contributed by atoms with van der Waals surface area (Å²) in [5, 5.41) is -0.484. The molecule has 0 aliphatic heterocycles. The summed E-state index contributed by atoms with van der Waals surface area (Å²) in [6, 6.07) is 0. The van der Waals surface area contributed by atoms with Crippen LogP contribution >= 0.6 is 0 Å². The normalized spacial score (nSPS) is 37.3. The molecule has 0 heterocycles. The summed E-state index contributed by atoms with van der Waals surface area (Å²) in [6.45, 7) is 0. The zero-order valence-corrected chi connectivity index (χ0v) is 19.3. The predicted octanol–water partition coefficient (Wildman–Crippen LogP) is 7.02. The Morgan fingerprint density at radius 2 is 0.931 bits per heavy atom. The SMILES string of the molecule is O=S(=O)(O)C1C(C2CCCCC2)CCC(C2CCCCC2)CC1C1CCCCC1. The van der Waals surface area contributed by atoms with Crippen molar-refractivity contribution in [1.82, 2.24) is 0 Å². The fourth-order valence-corrected chi connectivity index (χ4v) is 9.63. The summed E-state index contributed by atoms with van der Waals surface area (Å²) in [5.74, 6) is 2.94. The van der Waals surface area contributed by atoms with Gasteiger partial charge in [-0.1, -0.05) is 96.3 Å². The number of rotatable bonds is 4. The second kappa shape index (κ2) is 10.0. The molecule has 4 saturated carbocycles. The van der Waals surface area contributed by atoms with Crippen molar-refractivity contribution in [2.24, 2.45) is 35.5 Å². The van der Waals surface area contributed by atoms with E-state index in [4.69, 9.17) is 0 Å². The van der Waals surface area contributed by atoms with Crippen LogP contribution in [0.5, 0.6) is 0 Å². The van der Waals surface area contributed by atoms with E-state index in [1.165, 1.54) is 103 Å². The second-order valence-corrected chi connectivity index (χ2v) is 12.6. The molecular weight excluding hydrogens is 380 g/mol. The maximum absolute atomic E-state index is 12.9. The first-order valence-corrected chi connectivity index (χ1v) is 14.5. The summed E-state index contributed by atoms with van der Waals surface area (Å²) >= 11 is 0. The molecule has 3 nitrogen and oxygen atoms in total. The maximum Gasteiger partial charge on any atom is 0.268 e. The van der Waals surface area contributed by atoms with Gasteiger partial charge < -0.3 is 0 Å². The van der Waals surface area contributed by atoms with Crippen molar-refractivity contribution in [3.8, 4) is 0 Å². The zero-order chi connectivity index (χ0) is 20.3. The lowest BCUT2D eigenvalue weighted by molar-refractivity contribution is 0.145. The predicted molar refractivity (Wildman–Crippen MR) is 119 cm³/mol. The van der Waals surface area contributed by atoms with E-state index in [1.54, 1.807) is 0 Å². The Kier molecular flexibility index (Phi) is 7.64. The van der Waals surface area contributed by atoms with Gasteiger partial charge in [0, 0.05) is 0 Å². The first-order chi connectivity index (χ1) is 14.0. The summed E-state index contributed by atoms with van der Waals surface area (Å²) in [5.41, 5.74) is 0. The van der Waals surface area contributed by atoms with E-state index in [0.717, 1.165) is 18.8 Å². The van der Waals surface area contributed by atoms with Crippen LogP contribution in [0.4, 0.5) is 0 Å². The van der Waals surface area contributed by atoms with Gasteiger partial charge in [0.2, 0.25) is 0 Å². The molecule has 0 aromatic carbocycles. The van der Waals surface area contributed by atoms with Gasteiger partial charge in [-0.2, -0.15) is 8.42 Å². The second-order valence-electron chi connectivity index (χ2n) is 11.1. The van der Waals surface area contributed by atoms with Crippen molar-refractivity contribution in [3.63, 3.8) is 0 Å². The molecule has 168 valence electrons. The molecule has 1 N–H and O–H groups in total. The lowest BCUT2D eigenvalue weighted by atomic mass is 9.69. The summed E-state index contributed by atoms with van der Waals surface area (Å²) in [4.78, 5) is 0. The summed E-state index contributed by atoms with van der Waals surface area (Å²) < 4.78 is 36.3. The Balaban J connectivity index is 1.64. The molecule has 4 aliphatic rings. The van der Waals surface area contributed by atoms with Crippen molar-refractivity contribution < 1.29 is 13.0 Å². The molecule has 4 aliphatic carbocycles. The fraction of sp³-hybridized carbons (Fsp3) is 1.00. The lowest BCUT2D eigenvalue weighted by Gasteiger charge is -2.41. The van der Waals surface area contributed by atoms with Gasteiger partial charge in [-0.25, -0.2) is 0 Å². The lowest BCUT2D eigenvalue weighted by Crippen LogP contribution is -2.43. The van der Waals surface area contributed by atoms with Crippen molar-refractivity contribution in [2.45, 2.75) is 121 Å². The first-order valence-electron chi connectivity index (χ1n) is 13.0. The number of hydrogen-bond acceptors (Lipinski definition) is 2. The molecule has 0 amide bonds. The fourth-order valence-electron chi connectivity index (χ4n) is 8.05. The minimum atomic E-state index is -4.00. The van der Waals surface area contributed by atoms with Gasteiger partial charge >= 0.3 is 0 Å². The van der Waals surface area contributed by atoms with Crippen LogP contribution in [0.2, 0.25) is 0 Å². The molecule has 0 spiro atoms. The largest absolute Gasteiger partial charge is 0.285 e. The third-order valence-corrected chi connectivity index (χ3v) is 10.8. The molecule has 29 heavy (non-hydrogen) atoms. The highest BCUT2D eigenvalue weighted by Gasteiger charge is 2.48. The van der Waals surface area contributed by atoms with E-state index in [9.17, 15) is 13.0 Å². The molecule has 4 fully saturated rings. The summed E-state index contributed by atoms with van der Waals surface area (Å²) in [6.07, 6.45) is 22.5. The molecular formula is C25H44O3S. The third-order valence-electron chi connectivity index (χ3n) is 9.46. The smallest absolute Gasteiger partial charge is 0.268 e. The van der Waals surface area contributed by atoms with E-state index in [-0.39, 0.29) is 11.8 Å². The summed E-state index contributed by atoms with van der Waals surface area (Å²) in [7, 11) is -4.00. The van der Waals surface area contributed by atoms with Crippen LogP contribution < -0.4 is 0 Å². The average Bonchev–Trinajstić information content (AvgIpc) is 2.96. The van der Waals surface area contributed by atoms with Gasteiger partial charge in [0.25, 0.3) is 10.1 Å². The molecule has 4 unspecified atom stereocenters. The van der Waals surface area contributed by atoms with Crippen LogP contribution in [-0.4, -0.2) is 18.2 Å². The van der Waals surface area contributed by atoms with Gasteiger partial charge in [0.05, 0.1) is 5.25 Å². The molecule has 4 rings (SSSR count). The average molecular weight is 425 g/mol. The minimum absolute atomic E-state index is 0.200. The molecule has 4 heteroatoms. The highest BCUT2D eigenvalue weighted by molar-refractivity contribution is 7.86. The van der Waals surface area contributed by atoms with E-state index in [0.29, 0.717) is 17.8 Å². The van der Waals surface area contributed by atoms with Crippen LogP contribution in [0.3, 0.4) is 0 Å². The third kappa shape index (κ3) is 5.40. The molecule has 0 saturated heterocycles. The van der Waals surface area contributed by atoms with Gasteiger partial charge in [0.1, 0.15) is 0 Å². The monoisotopic (exact) mass is 424 g/mol. The van der Waals surface area contributed by atoms with Crippen molar-refractivity contribution >= 4 is 10.1 Å².